The maximum Gasteiger partial charge on any atom is 0.274 e. The number of morpholine rings is 1. The average molecular weight is 598 g/mol. The maximum absolute atomic E-state index is 13.7. The monoisotopic (exact) mass is 597 g/mol. The fourth-order valence-corrected chi connectivity index (χ4v) is 8.08. The number of aromatic nitrogens is 4. The second-order valence-corrected chi connectivity index (χ2v) is 13.4. The van der Waals surface area contributed by atoms with Gasteiger partial charge < -0.3 is 4.74 Å². The number of ether oxygens (including phenoxy) is 1. The van der Waals surface area contributed by atoms with Crippen LogP contribution in [0.4, 0.5) is 0 Å². The number of hydrogen-bond donors (Lipinski definition) is 0. The van der Waals surface area contributed by atoms with E-state index in [1.807, 2.05) is 86.8 Å². The Labute approximate surface area is 246 Å². The third-order valence-corrected chi connectivity index (χ3v) is 10.1. The molecule has 0 N–H and O–H groups in total. The lowest BCUT2D eigenvalue weighted by Crippen LogP contribution is -2.48. The van der Waals surface area contributed by atoms with Gasteiger partial charge in [0.15, 0.2) is 4.96 Å². The molecule has 42 heavy (non-hydrogen) atoms. The minimum absolute atomic E-state index is 0.158. The zero-order valence-electron chi connectivity index (χ0n) is 22.9. The lowest BCUT2D eigenvalue weighted by atomic mass is 10.1. The highest BCUT2D eigenvalue weighted by atomic mass is 32.2. The molecule has 0 bridgehead atoms. The quantitative estimate of drug-likeness (QED) is 0.297. The molecule has 3 aromatic carbocycles. The number of rotatable bonds is 5. The van der Waals surface area contributed by atoms with Gasteiger partial charge in [0.2, 0.25) is 10.0 Å². The van der Waals surface area contributed by atoms with E-state index in [9.17, 15) is 13.2 Å². The number of sulfonamides is 1. The van der Waals surface area contributed by atoms with E-state index in [2.05, 4.69) is 4.98 Å². The topological polar surface area (TPSA) is 98.8 Å². The summed E-state index contributed by atoms with van der Waals surface area (Å²) in [6.45, 7) is 4.34. The summed E-state index contributed by atoms with van der Waals surface area (Å²) in [5, 5.41) is 4.86. The van der Waals surface area contributed by atoms with Gasteiger partial charge in [-0.15, -0.1) is 0 Å². The molecule has 0 unspecified atom stereocenters. The molecule has 212 valence electrons. The van der Waals surface area contributed by atoms with Crippen LogP contribution in [0.3, 0.4) is 0 Å². The predicted molar refractivity (Wildman–Crippen MR) is 163 cm³/mol. The zero-order valence-corrected chi connectivity index (χ0v) is 24.5. The van der Waals surface area contributed by atoms with Crippen LogP contribution in [0.5, 0.6) is 0 Å². The Kier molecular flexibility index (Phi) is 6.54. The summed E-state index contributed by atoms with van der Waals surface area (Å²) >= 11 is 1.31. The number of imidazole rings is 1. The molecule has 6 aromatic rings. The van der Waals surface area contributed by atoms with E-state index in [0.717, 1.165) is 16.7 Å². The van der Waals surface area contributed by atoms with Crippen molar-refractivity contribution in [2.45, 2.75) is 31.0 Å². The first kappa shape index (κ1) is 26.7. The number of nitrogens with zero attached hydrogens (tertiary/aromatic N) is 5. The molecule has 0 aliphatic carbocycles. The van der Waals surface area contributed by atoms with E-state index in [4.69, 9.17) is 9.84 Å². The van der Waals surface area contributed by atoms with Crippen LogP contribution in [0.15, 0.2) is 94.7 Å². The molecule has 0 spiro atoms. The first-order valence-electron chi connectivity index (χ1n) is 13.6. The van der Waals surface area contributed by atoms with Crippen LogP contribution in [0.2, 0.25) is 0 Å². The van der Waals surface area contributed by atoms with Crippen molar-refractivity contribution in [2.24, 2.45) is 0 Å². The summed E-state index contributed by atoms with van der Waals surface area (Å²) in [6, 6.07) is 24.0. The van der Waals surface area contributed by atoms with Gasteiger partial charge in [-0.25, -0.2) is 22.5 Å². The summed E-state index contributed by atoms with van der Waals surface area (Å²) in [4.78, 5) is 19.0. The molecule has 1 fully saturated rings. The minimum Gasteiger partial charge on any atom is -0.373 e. The van der Waals surface area contributed by atoms with E-state index in [1.54, 1.807) is 27.3 Å². The third kappa shape index (κ3) is 4.64. The smallest absolute Gasteiger partial charge is 0.274 e. The molecule has 0 saturated carbocycles. The largest absolute Gasteiger partial charge is 0.373 e. The van der Waals surface area contributed by atoms with Gasteiger partial charge in [0.25, 0.3) is 5.56 Å². The highest BCUT2D eigenvalue weighted by Crippen LogP contribution is 2.29. The van der Waals surface area contributed by atoms with Gasteiger partial charge in [-0.3, -0.25) is 4.79 Å². The molecule has 9 nitrogen and oxygen atoms in total. The van der Waals surface area contributed by atoms with Crippen molar-refractivity contribution in [3.8, 4) is 16.9 Å². The van der Waals surface area contributed by atoms with Crippen molar-refractivity contribution in [3.63, 3.8) is 0 Å². The number of hydrogen-bond acceptors (Lipinski definition) is 7. The van der Waals surface area contributed by atoms with Gasteiger partial charge in [0, 0.05) is 30.4 Å². The van der Waals surface area contributed by atoms with Crippen molar-refractivity contribution in [3.05, 3.63) is 106 Å². The Balaban J connectivity index is 1.37. The summed E-state index contributed by atoms with van der Waals surface area (Å²) in [5.74, 6) is 0. The molecule has 3 aromatic heterocycles. The van der Waals surface area contributed by atoms with Crippen LogP contribution in [0.25, 0.3) is 39.0 Å². The van der Waals surface area contributed by atoms with Crippen molar-refractivity contribution in [1.82, 2.24) is 23.5 Å². The number of fused-ring (bicyclic) bond motifs is 3. The van der Waals surface area contributed by atoms with Gasteiger partial charge >= 0.3 is 0 Å². The normalized spacial score (nSPS) is 18.8. The van der Waals surface area contributed by atoms with E-state index < -0.39 is 10.0 Å². The lowest BCUT2D eigenvalue weighted by Gasteiger charge is -2.34. The number of para-hydroxylation sites is 3. The molecule has 4 heterocycles. The summed E-state index contributed by atoms with van der Waals surface area (Å²) < 4.78 is 38.5. The molecular weight excluding hydrogens is 571 g/mol. The van der Waals surface area contributed by atoms with E-state index >= 15 is 0 Å². The van der Waals surface area contributed by atoms with Gasteiger partial charge in [0.1, 0.15) is 5.69 Å². The fourth-order valence-electron chi connectivity index (χ4n) is 5.46. The number of thiazole rings is 1. The molecule has 1 aliphatic heterocycles. The average Bonchev–Trinajstić information content (AvgIpc) is 3.66. The Hall–Kier alpha value is -4.16. The SMILES string of the molecule is C[C@H]1CN(S(=O)(=O)c2cccc(-c3nn(-c4ccccc4)cc3/C=c3\sc4nc5ccccc5n4c3=O)c2)C[C@H](C)O1. The number of benzene rings is 3. The van der Waals surface area contributed by atoms with E-state index in [0.29, 0.717) is 39.4 Å². The van der Waals surface area contributed by atoms with Crippen molar-refractivity contribution < 1.29 is 13.2 Å². The molecule has 11 heteroatoms. The van der Waals surface area contributed by atoms with Crippen LogP contribution >= 0.6 is 11.3 Å². The zero-order chi connectivity index (χ0) is 29.0. The Morgan fingerprint density at radius 2 is 1.69 bits per heavy atom. The summed E-state index contributed by atoms with van der Waals surface area (Å²) in [6.07, 6.45) is 3.28. The Bertz CT molecular complexity index is 2160. The van der Waals surface area contributed by atoms with Gasteiger partial charge in [-0.1, -0.05) is 53.8 Å². The second kappa shape index (κ2) is 10.3. The standard InChI is InChI=1S/C31H27N5O4S2/c1-20-17-34(18-21(2)40-20)42(38,39)25-12-8-9-22(15-25)29-23(19-35(33-29)24-10-4-3-5-11-24)16-28-30(37)36-27-14-7-6-13-26(27)32-31(36)41-28/h3-16,19-21H,17-18H2,1-2H3/b28-16-/t20-,21-/m0/s1. The fraction of sp³-hybridized carbons (Fsp3) is 0.194. The molecule has 7 rings (SSSR count). The summed E-state index contributed by atoms with van der Waals surface area (Å²) in [7, 11) is -3.76. The first-order valence-corrected chi connectivity index (χ1v) is 15.9. The van der Waals surface area contributed by atoms with Gasteiger partial charge in [-0.05, 0) is 56.3 Å². The van der Waals surface area contributed by atoms with Gasteiger partial charge in [-0.2, -0.15) is 9.40 Å². The molecule has 2 atom stereocenters. The summed E-state index contributed by atoms with van der Waals surface area (Å²) in [5.41, 5.74) is 4.10. The Morgan fingerprint density at radius 1 is 0.952 bits per heavy atom. The van der Waals surface area contributed by atoms with E-state index in [-0.39, 0.29) is 22.7 Å². The maximum atomic E-state index is 13.7. The van der Waals surface area contributed by atoms with Crippen LogP contribution in [-0.4, -0.2) is 57.2 Å². The van der Waals surface area contributed by atoms with Crippen LogP contribution in [0.1, 0.15) is 19.4 Å². The minimum atomic E-state index is -3.76. The van der Waals surface area contributed by atoms with Crippen molar-refractivity contribution >= 4 is 43.4 Å². The van der Waals surface area contributed by atoms with Crippen LogP contribution in [0, 0.1) is 0 Å². The van der Waals surface area contributed by atoms with Crippen LogP contribution in [-0.2, 0) is 14.8 Å². The predicted octanol–water partition coefficient (Wildman–Crippen LogP) is 4.11. The Morgan fingerprint density at radius 3 is 2.48 bits per heavy atom. The molecule has 1 saturated heterocycles. The molecule has 0 amide bonds. The second-order valence-electron chi connectivity index (χ2n) is 10.5. The van der Waals surface area contributed by atoms with Crippen LogP contribution < -0.4 is 10.1 Å². The molecule has 0 radical (unpaired) electrons. The molecular formula is C31H27N5O4S2. The van der Waals surface area contributed by atoms with Crippen molar-refractivity contribution in [1.29, 1.82) is 0 Å². The van der Waals surface area contributed by atoms with Crippen molar-refractivity contribution in [2.75, 3.05) is 13.1 Å². The third-order valence-electron chi connectivity index (χ3n) is 7.33. The van der Waals surface area contributed by atoms with Gasteiger partial charge in [0.05, 0.1) is 38.4 Å². The molecule has 1 aliphatic rings. The highest BCUT2D eigenvalue weighted by molar-refractivity contribution is 7.89. The highest BCUT2D eigenvalue weighted by Gasteiger charge is 2.32. The first-order chi connectivity index (χ1) is 20.3. The van der Waals surface area contributed by atoms with E-state index in [1.165, 1.54) is 15.6 Å². The lowest BCUT2D eigenvalue weighted by molar-refractivity contribution is -0.0440.